The Morgan fingerprint density at radius 1 is 1.06 bits per heavy atom. The summed E-state index contributed by atoms with van der Waals surface area (Å²) in [5, 5.41) is 12.2. The lowest BCUT2D eigenvalue weighted by Gasteiger charge is -2.44. The van der Waals surface area contributed by atoms with Crippen LogP contribution in [0.1, 0.15) is 53.9 Å². The van der Waals surface area contributed by atoms with Crippen LogP contribution in [0.15, 0.2) is 48.5 Å². The molecule has 2 N–H and O–H groups in total. The SMILES string of the molecule is O=C(O)CCC(=O)NCC1c2ccccc2N(C(=O)c2cccc(Cl)c2)C2CCCC12. The quantitative estimate of drug-likeness (QED) is 0.703. The molecule has 31 heavy (non-hydrogen) atoms. The molecular formula is C24H25ClN2O4. The number of anilines is 1. The minimum absolute atomic E-state index is 0.0306. The molecule has 0 saturated heterocycles. The molecule has 0 aromatic heterocycles. The Morgan fingerprint density at radius 3 is 2.65 bits per heavy atom. The zero-order valence-corrected chi connectivity index (χ0v) is 17.8. The van der Waals surface area contributed by atoms with Crippen molar-refractivity contribution in [1.29, 1.82) is 0 Å². The second kappa shape index (κ2) is 9.10. The number of halogens is 1. The van der Waals surface area contributed by atoms with Gasteiger partial charge in [0.2, 0.25) is 5.91 Å². The number of rotatable bonds is 6. The number of carbonyl (C=O) groups excluding carboxylic acids is 2. The van der Waals surface area contributed by atoms with Gasteiger partial charge in [-0.2, -0.15) is 0 Å². The molecule has 0 bridgehead atoms. The van der Waals surface area contributed by atoms with E-state index in [1.807, 2.05) is 29.2 Å². The number of nitrogens with zero attached hydrogens (tertiary/aromatic N) is 1. The summed E-state index contributed by atoms with van der Waals surface area (Å²) in [4.78, 5) is 38.3. The third-order valence-electron chi connectivity index (χ3n) is 6.35. The van der Waals surface area contributed by atoms with Crippen molar-refractivity contribution in [2.75, 3.05) is 11.4 Å². The summed E-state index contributed by atoms with van der Waals surface area (Å²) in [6.45, 7) is 0.440. The van der Waals surface area contributed by atoms with E-state index in [1.54, 1.807) is 24.3 Å². The van der Waals surface area contributed by atoms with Gasteiger partial charge in [-0.15, -0.1) is 0 Å². The van der Waals surface area contributed by atoms with Gasteiger partial charge in [-0.1, -0.05) is 42.3 Å². The van der Waals surface area contributed by atoms with Gasteiger partial charge in [0.1, 0.15) is 0 Å². The van der Waals surface area contributed by atoms with Crippen molar-refractivity contribution in [2.24, 2.45) is 5.92 Å². The summed E-state index contributed by atoms with van der Waals surface area (Å²) in [5.74, 6) is -0.981. The molecule has 1 saturated carbocycles. The highest BCUT2D eigenvalue weighted by atomic mass is 35.5. The van der Waals surface area contributed by atoms with Crippen molar-refractivity contribution in [3.63, 3.8) is 0 Å². The molecule has 162 valence electrons. The van der Waals surface area contributed by atoms with Gasteiger partial charge < -0.3 is 15.3 Å². The van der Waals surface area contributed by atoms with Gasteiger partial charge in [0.25, 0.3) is 5.91 Å². The first-order valence-electron chi connectivity index (χ1n) is 10.6. The molecule has 7 heteroatoms. The van der Waals surface area contributed by atoms with Crippen LogP contribution >= 0.6 is 11.6 Å². The molecule has 2 aromatic carbocycles. The van der Waals surface area contributed by atoms with E-state index in [2.05, 4.69) is 5.32 Å². The number of fused-ring (bicyclic) bond motifs is 2. The number of amides is 2. The number of nitrogens with one attached hydrogen (secondary N) is 1. The Kier molecular flexibility index (Phi) is 6.28. The average molecular weight is 441 g/mol. The van der Waals surface area contributed by atoms with E-state index in [1.165, 1.54) is 0 Å². The van der Waals surface area contributed by atoms with Crippen molar-refractivity contribution >= 4 is 35.1 Å². The van der Waals surface area contributed by atoms with E-state index >= 15 is 0 Å². The topological polar surface area (TPSA) is 86.7 Å². The number of para-hydroxylation sites is 1. The van der Waals surface area contributed by atoms with Gasteiger partial charge in [0.15, 0.2) is 0 Å². The second-order valence-corrected chi connectivity index (χ2v) is 8.65. The Morgan fingerprint density at radius 2 is 1.87 bits per heavy atom. The Balaban J connectivity index is 1.62. The van der Waals surface area contributed by atoms with E-state index < -0.39 is 5.97 Å². The van der Waals surface area contributed by atoms with Crippen molar-refractivity contribution in [3.8, 4) is 0 Å². The van der Waals surface area contributed by atoms with Crippen LogP contribution in [0.4, 0.5) is 5.69 Å². The zero-order valence-electron chi connectivity index (χ0n) is 17.1. The number of carbonyl (C=O) groups is 3. The second-order valence-electron chi connectivity index (χ2n) is 8.21. The van der Waals surface area contributed by atoms with E-state index in [4.69, 9.17) is 16.7 Å². The lowest BCUT2D eigenvalue weighted by atomic mass is 9.77. The summed E-state index contributed by atoms with van der Waals surface area (Å²) in [6.07, 6.45) is 2.70. The fourth-order valence-corrected chi connectivity index (χ4v) is 5.19. The summed E-state index contributed by atoms with van der Waals surface area (Å²) >= 11 is 6.13. The molecule has 3 atom stereocenters. The van der Waals surface area contributed by atoms with Crippen LogP contribution in [-0.2, 0) is 9.59 Å². The number of aliphatic carboxylic acids is 1. The molecule has 3 unspecified atom stereocenters. The maximum atomic E-state index is 13.5. The van der Waals surface area contributed by atoms with E-state index in [-0.39, 0.29) is 42.5 Å². The Labute approximate surface area is 186 Å². The standard InChI is InChI=1S/C24H25ClN2O4/c25-16-6-3-5-15(13-16)24(31)27-20-9-2-1-7-17(20)19(18-8-4-10-21(18)27)14-26-22(28)11-12-23(29)30/h1-3,5-7,9,13,18-19,21H,4,8,10-12,14H2,(H,26,28)(H,29,30). The normalized spacial score (nSPS) is 21.8. The predicted molar refractivity (Wildman–Crippen MR) is 118 cm³/mol. The average Bonchev–Trinajstić information content (AvgIpc) is 3.24. The first kappa shape index (κ1) is 21.4. The van der Waals surface area contributed by atoms with Crippen LogP contribution in [-0.4, -0.2) is 35.5 Å². The van der Waals surface area contributed by atoms with Crippen LogP contribution in [0.2, 0.25) is 5.02 Å². The van der Waals surface area contributed by atoms with E-state index in [0.717, 1.165) is 30.5 Å². The molecule has 0 spiro atoms. The Hall–Kier alpha value is -2.86. The molecule has 1 aliphatic heterocycles. The third kappa shape index (κ3) is 4.44. The Bertz CT molecular complexity index is 1010. The van der Waals surface area contributed by atoms with E-state index in [0.29, 0.717) is 17.1 Å². The fraction of sp³-hybridized carbons (Fsp3) is 0.375. The predicted octanol–water partition coefficient (Wildman–Crippen LogP) is 4.23. The maximum absolute atomic E-state index is 13.5. The molecule has 1 fully saturated rings. The highest BCUT2D eigenvalue weighted by Gasteiger charge is 2.45. The third-order valence-corrected chi connectivity index (χ3v) is 6.59. The largest absolute Gasteiger partial charge is 0.481 e. The van der Waals surface area contributed by atoms with Gasteiger partial charge in [-0.3, -0.25) is 14.4 Å². The molecule has 1 aliphatic carbocycles. The maximum Gasteiger partial charge on any atom is 0.303 e. The highest BCUT2D eigenvalue weighted by molar-refractivity contribution is 6.31. The van der Waals surface area contributed by atoms with Gasteiger partial charge in [-0.05, 0) is 48.6 Å². The number of carboxylic acids is 1. The van der Waals surface area contributed by atoms with E-state index in [9.17, 15) is 14.4 Å². The van der Waals surface area contributed by atoms with Gasteiger partial charge >= 0.3 is 5.97 Å². The van der Waals surface area contributed by atoms with Gasteiger partial charge in [0, 0.05) is 41.2 Å². The van der Waals surface area contributed by atoms with Crippen LogP contribution in [0.5, 0.6) is 0 Å². The van der Waals surface area contributed by atoms with Crippen LogP contribution < -0.4 is 10.2 Å². The monoisotopic (exact) mass is 440 g/mol. The van der Waals surface area contributed by atoms with Crippen molar-refractivity contribution in [1.82, 2.24) is 5.32 Å². The molecule has 1 heterocycles. The van der Waals surface area contributed by atoms with Gasteiger partial charge in [0.05, 0.1) is 6.42 Å². The lowest BCUT2D eigenvalue weighted by Crippen LogP contribution is -2.49. The summed E-state index contributed by atoms with van der Waals surface area (Å²) in [6, 6.07) is 15.0. The molecule has 6 nitrogen and oxygen atoms in total. The summed E-state index contributed by atoms with van der Waals surface area (Å²) in [7, 11) is 0. The number of hydrogen-bond donors (Lipinski definition) is 2. The van der Waals surface area contributed by atoms with Crippen molar-refractivity contribution in [3.05, 3.63) is 64.7 Å². The van der Waals surface area contributed by atoms with Crippen LogP contribution in [0.3, 0.4) is 0 Å². The fourth-order valence-electron chi connectivity index (χ4n) is 5.00. The number of benzene rings is 2. The molecule has 4 rings (SSSR count). The number of carboxylic acid groups (broad SMARTS) is 1. The first-order chi connectivity index (χ1) is 15.0. The summed E-state index contributed by atoms with van der Waals surface area (Å²) in [5.41, 5.74) is 2.48. The van der Waals surface area contributed by atoms with Crippen LogP contribution in [0.25, 0.3) is 0 Å². The highest BCUT2D eigenvalue weighted by Crippen LogP contribution is 2.49. The summed E-state index contributed by atoms with van der Waals surface area (Å²) < 4.78 is 0. The van der Waals surface area contributed by atoms with Crippen molar-refractivity contribution < 1.29 is 19.5 Å². The smallest absolute Gasteiger partial charge is 0.303 e. The minimum atomic E-state index is -0.982. The molecule has 2 aromatic rings. The molecule has 0 radical (unpaired) electrons. The van der Waals surface area contributed by atoms with Gasteiger partial charge in [-0.25, -0.2) is 0 Å². The zero-order chi connectivity index (χ0) is 22.0. The lowest BCUT2D eigenvalue weighted by molar-refractivity contribution is -0.138. The van der Waals surface area contributed by atoms with Crippen LogP contribution in [0, 0.1) is 5.92 Å². The first-order valence-corrected chi connectivity index (χ1v) is 11.0. The molecule has 2 aliphatic rings. The molecular weight excluding hydrogens is 416 g/mol. The minimum Gasteiger partial charge on any atom is -0.481 e. The number of hydrogen-bond acceptors (Lipinski definition) is 3. The molecule has 2 amide bonds. The van der Waals surface area contributed by atoms with Crippen molar-refractivity contribution in [2.45, 2.75) is 44.1 Å².